The molecule has 4 heteroatoms. The van der Waals surface area contributed by atoms with Gasteiger partial charge in [0.05, 0.1) is 6.54 Å². The van der Waals surface area contributed by atoms with Gasteiger partial charge in [-0.05, 0) is 30.7 Å². The smallest absolute Gasteiger partial charge is 0.285 e. The summed E-state index contributed by atoms with van der Waals surface area (Å²) in [4.78, 5) is 0. The van der Waals surface area contributed by atoms with Crippen LogP contribution in [-0.2, 0) is 5.92 Å². The monoisotopic (exact) mass is 187 g/mol. The van der Waals surface area contributed by atoms with Gasteiger partial charge >= 0.3 is 0 Å². The van der Waals surface area contributed by atoms with E-state index in [1.165, 1.54) is 25.1 Å². The van der Waals surface area contributed by atoms with E-state index in [0.29, 0.717) is 5.56 Å². The van der Waals surface area contributed by atoms with E-state index >= 15 is 0 Å². The molecule has 1 aromatic rings. The minimum absolute atomic E-state index is 0.0194. The van der Waals surface area contributed by atoms with Crippen LogP contribution < -0.4 is 5.73 Å². The molecule has 0 unspecified atom stereocenters. The number of halogens is 2. The molecule has 72 valence electrons. The summed E-state index contributed by atoms with van der Waals surface area (Å²) in [5, 5.41) is 9.00. The SMILES string of the molecule is Cc1cc(O)ccc1C(F)(F)CN. The summed E-state index contributed by atoms with van der Waals surface area (Å²) >= 11 is 0. The summed E-state index contributed by atoms with van der Waals surface area (Å²) in [6, 6.07) is 3.71. The summed E-state index contributed by atoms with van der Waals surface area (Å²) in [7, 11) is 0. The summed E-state index contributed by atoms with van der Waals surface area (Å²) in [5.74, 6) is -3.04. The van der Waals surface area contributed by atoms with Crippen molar-refractivity contribution in [2.75, 3.05) is 6.54 Å². The third-order valence-corrected chi connectivity index (χ3v) is 1.86. The van der Waals surface area contributed by atoms with E-state index < -0.39 is 12.5 Å². The van der Waals surface area contributed by atoms with Gasteiger partial charge in [0.1, 0.15) is 5.75 Å². The third kappa shape index (κ3) is 1.95. The lowest BCUT2D eigenvalue weighted by molar-refractivity contribution is 0.00530. The number of hydrogen-bond acceptors (Lipinski definition) is 2. The quantitative estimate of drug-likeness (QED) is 0.740. The maximum absolute atomic E-state index is 13.1. The van der Waals surface area contributed by atoms with Crippen LogP contribution in [0.25, 0.3) is 0 Å². The molecule has 0 aromatic heterocycles. The number of aromatic hydroxyl groups is 1. The lowest BCUT2D eigenvalue weighted by Crippen LogP contribution is -2.25. The molecule has 0 bridgehead atoms. The van der Waals surface area contributed by atoms with Crippen molar-refractivity contribution in [3.63, 3.8) is 0 Å². The van der Waals surface area contributed by atoms with Crippen LogP contribution in [0.1, 0.15) is 11.1 Å². The van der Waals surface area contributed by atoms with Crippen molar-refractivity contribution in [2.24, 2.45) is 5.73 Å². The van der Waals surface area contributed by atoms with Gasteiger partial charge in [0, 0.05) is 5.56 Å². The first-order chi connectivity index (χ1) is 5.97. The van der Waals surface area contributed by atoms with E-state index in [4.69, 9.17) is 10.8 Å². The highest BCUT2D eigenvalue weighted by Crippen LogP contribution is 2.30. The zero-order valence-corrected chi connectivity index (χ0v) is 7.22. The second-order valence-electron chi connectivity index (χ2n) is 2.91. The number of phenols is 1. The molecule has 3 N–H and O–H groups in total. The number of nitrogens with two attached hydrogens (primary N) is 1. The van der Waals surface area contributed by atoms with Gasteiger partial charge in [-0.1, -0.05) is 0 Å². The van der Waals surface area contributed by atoms with E-state index in [1.54, 1.807) is 0 Å². The van der Waals surface area contributed by atoms with Crippen molar-refractivity contribution in [1.82, 2.24) is 0 Å². The summed E-state index contributed by atoms with van der Waals surface area (Å²) in [6.07, 6.45) is 0. The van der Waals surface area contributed by atoms with Crippen molar-refractivity contribution < 1.29 is 13.9 Å². The van der Waals surface area contributed by atoms with Crippen molar-refractivity contribution in [3.8, 4) is 5.75 Å². The first kappa shape index (κ1) is 9.92. The number of phenolic OH excluding ortho intramolecular Hbond substituents is 1. The van der Waals surface area contributed by atoms with Crippen LogP contribution in [0.3, 0.4) is 0 Å². The number of aryl methyl sites for hydroxylation is 1. The lowest BCUT2D eigenvalue weighted by atomic mass is 10.0. The van der Waals surface area contributed by atoms with Crippen LogP contribution in [0.15, 0.2) is 18.2 Å². The van der Waals surface area contributed by atoms with Crippen LogP contribution in [-0.4, -0.2) is 11.7 Å². The Kier molecular flexibility index (Phi) is 2.52. The average molecular weight is 187 g/mol. The maximum atomic E-state index is 13.1. The second kappa shape index (κ2) is 3.30. The Morgan fingerprint density at radius 2 is 2.08 bits per heavy atom. The number of alkyl halides is 2. The molecule has 0 saturated heterocycles. The summed E-state index contributed by atoms with van der Waals surface area (Å²) in [6.45, 7) is 0.789. The van der Waals surface area contributed by atoms with E-state index in [2.05, 4.69) is 0 Å². The molecule has 1 rings (SSSR count). The van der Waals surface area contributed by atoms with Crippen molar-refractivity contribution in [1.29, 1.82) is 0 Å². The number of benzene rings is 1. The van der Waals surface area contributed by atoms with E-state index in [9.17, 15) is 8.78 Å². The van der Waals surface area contributed by atoms with Gasteiger partial charge in [-0.25, -0.2) is 0 Å². The predicted octanol–water partition coefficient (Wildman–Crippen LogP) is 1.75. The topological polar surface area (TPSA) is 46.2 Å². The molecule has 0 aliphatic heterocycles. The van der Waals surface area contributed by atoms with E-state index in [-0.39, 0.29) is 11.3 Å². The largest absolute Gasteiger partial charge is 0.508 e. The highest BCUT2D eigenvalue weighted by Gasteiger charge is 2.30. The standard InChI is InChI=1S/C9H11F2NO/c1-6-4-7(13)2-3-8(6)9(10,11)5-12/h2-4,13H,5,12H2,1H3. The molecule has 0 atom stereocenters. The van der Waals surface area contributed by atoms with Crippen LogP contribution in [0.4, 0.5) is 8.78 Å². The molecular formula is C9H11F2NO. The van der Waals surface area contributed by atoms with E-state index in [0.717, 1.165) is 0 Å². The Balaban J connectivity index is 3.16. The molecule has 2 nitrogen and oxygen atoms in total. The van der Waals surface area contributed by atoms with Crippen LogP contribution in [0, 0.1) is 6.92 Å². The Labute approximate surface area is 75.0 Å². The van der Waals surface area contributed by atoms with E-state index in [1.807, 2.05) is 0 Å². The summed E-state index contributed by atoms with van der Waals surface area (Å²) < 4.78 is 26.1. The van der Waals surface area contributed by atoms with Crippen LogP contribution in [0.5, 0.6) is 5.75 Å². The Morgan fingerprint density at radius 1 is 1.46 bits per heavy atom. The highest BCUT2D eigenvalue weighted by atomic mass is 19.3. The molecule has 0 fully saturated rings. The first-order valence-electron chi connectivity index (χ1n) is 3.85. The second-order valence-corrected chi connectivity index (χ2v) is 2.91. The van der Waals surface area contributed by atoms with Crippen molar-refractivity contribution in [3.05, 3.63) is 29.3 Å². The normalized spacial score (nSPS) is 11.7. The number of rotatable bonds is 2. The predicted molar refractivity (Wildman–Crippen MR) is 45.8 cm³/mol. The van der Waals surface area contributed by atoms with Gasteiger partial charge in [0.15, 0.2) is 0 Å². The molecule has 0 amide bonds. The van der Waals surface area contributed by atoms with Crippen LogP contribution >= 0.6 is 0 Å². The molecule has 0 heterocycles. The molecule has 1 aromatic carbocycles. The van der Waals surface area contributed by atoms with Crippen molar-refractivity contribution >= 4 is 0 Å². The minimum atomic E-state index is -3.02. The molecule has 0 saturated carbocycles. The zero-order valence-electron chi connectivity index (χ0n) is 7.22. The Morgan fingerprint density at radius 3 is 2.54 bits per heavy atom. The Bertz CT molecular complexity index is 312. The third-order valence-electron chi connectivity index (χ3n) is 1.86. The number of hydrogen-bond donors (Lipinski definition) is 2. The molecule has 0 aliphatic carbocycles. The highest BCUT2D eigenvalue weighted by molar-refractivity contribution is 5.36. The lowest BCUT2D eigenvalue weighted by Gasteiger charge is -2.16. The molecule has 13 heavy (non-hydrogen) atoms. The van der Waals surface area contributed by atoms with Gasteiger partial charge in [0.25, 0.3) is 5.92 Å². The zero-order chi connectivity index (χ0) is 10.1. The average Bonchev–Trinajstić information content (AvgIpc) is 2.03. The Hall–Kier alpha value is -1.16. The first-order valence-corrected chi connectivity index (χ1v) is 3.85. The minimum Gasteiger partial charge on any atom is -0.508 e. The van der Waals surface area contributed by atoms with Gasteiger partial charge in [-0.3, -0.25) is 0 Å². The maximum Gasteiger partial charge on any atom is 0.285 e. The van der Waals surface area contributed by atoms with Gasteiger partial charge < -0.3 is 10.8 Å². The van der Waals surface area contributed by atoms with Crippen molar-refractivity contribution in [2.45, 2.75) is 12.8 Å². The van der Waals surface area contributed by atoms with Gasteiger partial charge in [-0.2, -0.15) is 8.78 Å². The van der Waals surface area contributed by atoms with Gasteiger partial charge in [-0.15, -0.1) is 0 Å². The molecule has 0 spiro atoms. The molecule has 0 radical (unpaired) electrons. The summed E-state index contributed by atoms with van der Waals surface area (Å²) in [5.41, 5.74) is 5.14. The van der Waals surface area contributed by atoms with Crippen LogP contribution in [0.2, 0.25) is 0 Å². The molecular weight excluding hydrogens is 176 g/mol. The fourth-order valence-corrected chi connectivity index (χ4v) is 1.17. The van der Waals surface area contributed by atoms with Gasteiger partial charge in [0.2, 0.25) is 0 Å². The fraction of sp³-hybridized carbons (Fsp3) is 0.333. The fourth-order valence-electron chi connectivity index (χ4n) is 1.17. The molecule has 0 aliphatic rings.